The van der Waals surface area contributed by atoms with Crippen LogP contribution in [0.3, 0.4) is 0 Å². The van der Waals surface area contributed by atoms with Gasteiger partial charge in [-0.25, -0.2) is 9.97 Å². The maximum atomic E-state index is 4.41. The normalized spacial score (nSPS) is 22.4. The van der Waals surface area contributed by atoms with Gasteiger partial charge in [-0.2, -0.15) is 0 Å². The third-order valence-electron chi connectivity index (χ3n) is 5.92. The minimum atomic E-state index is 0.820. The van der Waals surface area contributed by atoms with E-state index in [2.05, 4.69) is 50.1 Å². The van der Waals surface area contributed by atoms with Gasteiger partial charge in [0.25, 0.3) is 0 Å². The Morgan fingerprint density at radius 1 is 0.840 bits per heavy atom. The highest BCUT2D eigenvalue weighted by molar-refractivity contribution is 5.30. The number of likely N-dealkylation sites (tertiary alicyclic amines) is 1. The number of nitrogens with zero attached hydrogens (tertiary/aromatic N) is 4. The summed E-state index contributed by atoms with van der Waals surface area (Å²) in [5.74, 6) is 2.60. The number of piperidine rings is 1. The Balaban J connectivity index is 1.23. The van der Waals surface area contributed by atoms with E-state index in [1.54, 1.807) is 0 Å². The Morgan fingerprint density at radius 3 is 2.32 bits per heavy atom. The van der Waals surface area contributed by atoms with Crippen LogP contribution in [0.1, 0.15) is 24.8 Å². The summed E-state index contributed by atoms with van der Waals surface area (Å²) in [6, 6.07) is 12.8. The molecule has 2 aromatic rings. The van der Waals surface area contributed by atoms with E-state index in [-0.39, 0.29) is 0 Å². The summed E-state index contributed by atoms with van der Waals surface area (Å²) in [5, 5.41) is 0. The van der Waals surface area contributed by atoms with Gasteiger partial charge in [0, 0.05) is 32.0 Å². The van der Waals surface area contributed by atoms with Crippen LogP contribution in [0.2, 0.25) is 0 Å². The van der Waals surface area contributed by atoms with E-state index in [9.17, 15) is 0 Å². The van der Waals surface area contributed by atoms with E-state index in [0.29, 0.717) is 0 Å². The van der Waals surface area contributed by atoms with E-state index in [1.165, 1.54) is 50.9 Å². The second kappa shape index (κ2) is 7.96. The summed E-state index contributed by atoms with van der Waals surface area (Å²) < 4.78 is 0. The van der Waals surface area contributed by atoms with Crippen LogP contribution in [0, 0.1) is 11.8 Å². The maximum absolute atomic E-state index is 4.41. The van der Waals surface area contributed by atoms with Gasteiger partial charge in [-0.3, -0.25) is 0 Å². The fourth-order valence-electron chi connectivity index (χ4n) is 4.39. The molecule has 4 rings (SSSR count). The molecule has 0 unspecified atom stereocenters. The van der Waals surface area contributed by atoms with Crippen LogP contribution in [-0.4, -0.2) is 47.6 Å². The lowest BCUT2D eigenvalue weighted by atomic mass is 9.83. The Labute approximate surface area is 150 Å². The van der Waals surface area contributed by atoms with Crippen molar-refractivity contribution in [2.45, 2.75) is 25.7 Å². The third kappa shape index (κ3) is 4.18. The lowest BCUT2D eigenvalue weighted by Crippen LogP contribution is -2.38. The Morgan fingerprint density at radius 2 is 1.56 bits per heavy atom. The zero-order valence-corrected chi connectivity index (χ0v) is 14.9. The first-order valence-corrected chi connectivity index (χ1v) is 9.67. The van der Waals surface area contributed by atoms with Gasteiger partial charge in [-0.05, 0) is 62.2 Å². The molecule has 0 saturated carbocycles. The molecule has 1 atom stereocenters. The molecule has 1 aromatic carbocycles. The number of anilines is 1. The van der Waals surface area contributed by atoms with E-state index < -0.39 is 0 Å². The largest absolute Gasteiger partial charge is 0.341 e. The topological polar surface area (TPSA) is 32.3 Å². The Kier molecular flexibility index (Phi) is 5.26. The molecule has 3 heterocycles. The highest BCUT2D eigenvalue weighted by Crippen LogP contribution is 2.32. The van der Waals surface area contributed by atoms with Gasteiger partial charge in [-0.15, -0.1) is 0 Å². The zero-order chi connectivity index (χ0) is 16.9. The number of aromatic nitrogens is 2. The van der Waals surface area contributed by atoms with E-state index in [4.69, 9.17) is 0 Å². The molecule has 0 N–H and O–H groups in total. The molecule has 0 spiro atoms. The van der Waals surface area contributed by atoms with Crippen LogP contribution in [0.25, 0.3) is 0 Å². The second-order valence-electron chi connectivity index (χ2n) is 7.46. The first kappa shape index (κ1) is 16.5. The first-order valence-electron chi connectivity index (χ1n) is 9.67. The lowest BCUT2D eigenvalue weighted by Gasteiger charge is -2.34. The molecule has 25 heavy (non-hydrogen) atoms. The van der Waals surface area contributed by atoms with Gasteiger partial charge >= 0.3 is 0 Å². The van der Waals surface area contributed by atoms with Crippen LogP contribution < -0.4 is 4.90 Å². The summed E-state index contributed by atoms with van der Waals surface area (Å²) in [6.45, 7) is 5.97. The van der Waals surface area contributed by atoms with Crippen LogP contribution in [0.15, 0.2) is 48.8 Å². The molecule has 4 heteroatoms. The number of benzene rings is 1. The van der Waals surface area contributed by atoms with Gasteiger partial charge in [0.15, 0.2) is 0 Å². The maximum Gasteiger partial charge on any atom is 0.225 e. The molecule has 132 valence electrons. The Bertz CT molecular complexity index is 637. The lowest BCUT2D eigenvalue weighted by molar-refractivity contribution is 0.154. The number of rotatable bonds is 5. The molecular weight excluding hydrogens is 308 g/mol. The second-order valence-corrected chi connectivity index (χ2v) is 7.46. The highest BCUT2D eigenvalue weighted by Gasteiger charge is 2.32. The standard InChI is InChI=1S/C21H28N4/c1-2-5-18(6-3-1)7-13-24-14-8-19(9-15-24)20-10-16-25(17-20)21-22-11-4-12-23-21/h1-6,11-12,19-20H,7-10,13-17H2/t20-/m1/s1. The van der Waals surface area contributed by atoms with Crippen LogP contribution in [0.5, 0.6) is 0 Å². The Hall–Kier alpha value is -1.94. The van der Waals surface area contributed by atoms with E-state index in [1.807, 2.05) is 18.5 Å². The molecule has 0 amide bonds. The summed E-state index contributed by atoms with van der Waals surface area (Å²) in [5.41, 5.74) is 1.46. The highest BCUT2D eigenvalue weighted by atomic mass is 15.3. The van der Waals surface area contributed by atoms with Gasteiger partial charge in [-0.1, -0.05) is 30.3 Å². The molecule has 2 aliphatic heterocycles. The van der Waals surface area contributed by atoms with Crippen molar-refractivity contribution in [3.63, 3.8) is 0 Å². The molecule has 2 aliphatic rings. The molecule has 0 bridgehead atoms. The van der Waals surface area contributed by atoms with E-state index in [0.717, 1.165) is 30.9 Å². The van der Waals surface area contributed by atoms with Gasteiger partial charge in [0.05, 0.1) is 0 Å². The van der Waals surface area contributed by atoms with Crippen molar-refractivity contribution in [3.05, 3.63) is 54.4 Å². The van der Waals surface area contributed by atoms with Gasteiger partial charge < -0.3 is 9.80 Å². The summed E-state index contributed by atoms with van der Waals surface area (Å²) in [7, 11) is 0. The van der Waals surface area contributed by atoms with Crippen molar-refractivity contribution in [1.29, 1.82) is 0 Å². The van der Waals surface area contributed by atoms with Crippen LogP contribution in [-0.2, 0) is 6.42 Å². The average Bonchev–Trinajstić information content (AvgIpc) is 3.19. The van der Waals surface area contributed by atoms with E-state index >= 15 is 0 Å². The van der Waals surface area contributed by atoms with Gasteiger partial charge in [0.2, 0.25) is 5.95 Å². The molecule has 2 saturated heterocycles. The third-order valence-corrected chi connectivity index (χ3v) is 5.92. The summed E-state index contributed by atoms with van der Waals surface area (Å²) in [4.78, 5) is 13.8. The quantitative estimate of drug-likeness (QED) is 0.839. The molecule has 2 fully saturated rings. The monoisotopic (exact) mass is 336 g/mol. The predicted molar refractivity (Wildman–Crippen MR) is 102 cm³/mol. The molecule has 4 nitrogen and oxygen atoms in total. The fraction of sp³-hybridized carbons (Fsp3) is 0.524. The summed E-state index contributed by atoms with van der Waals surface area (Å²) >= 11 is 0. The summed E-state index contributed by atoms with van der Waals surface area (Å²) in [6.07, 6.45) is 8.87. The van der Waals surface area contributed by atoms with Crippen molar-refractivity contribution in [2.75, 3.05) is 37.6 Å². The fourth-order valence-corrected chi connectivity index (χ4v) is 4.39. The van der Waals surface area contributed by atoms with Crippen molar-refractivity contribution >= 4 is 5.95 Å². The molecular formula is C21H28N4. The number of hydrogen-bond donors (Lipinski definition) is 0. The number of hydrogen-bond acceptors (Lipinski definition) is 4. The molecule has 0 radical (unpaired) electrons. The minimum absolute atomic E-state index is 0.820. The van der Waals surface area contributed by atoms with Crippen molar-refractivity contribution in [3.8, 4) is 0 Å². The first-order chi connectivity index (χ1) is 12.4. The van der Waals surface area contributed by atoms with Crippen molar-refractivity contribution in [2.24, 2.45) is 11.8 Å². The molecule has 1 aromatic heterocycles. The zero-order valence-electron chi connectivity index (χ0n) is 14.9. The minimum Gasteiger partial charge on any atom is -0.341 e. The SMILES string of the molecule is c1ccc(CCN2CCC([C@@H]3CCN(c4ncccn4)C3)CC2)cc1. The van der Waals surface area contributed by atoms with Crippen molar-refractivity contribution in [1.82, 2.24) is 14.9 Å². The smallest absolute Gasteiger partial charge is 0.225 e. The predicted octanol–water partition coefficient (Wildman–Crippen LogP) is 3.26. The van der Waals surface area contributed by atoms with Crippen LogP contribution in [0.4, 0.5) is 5.95 Å². The van der Waals surface area contributed by atoms with Gasteiger partial charge in [0.1, 0.15) is 0 Å². The van der Waals surface area contributed by atoms with Crippen molar-refractivity contribution < 1.29 is 0 Å². The average molecular weight is 336 g/mol. The molecule has 0 aliphatic carbocycles. The van der Waals surface area contributed by atoms with Crippen LogP contribution >= 0.6 is 0 Å².